The van der Waals surface area contributed by atoms with E-state index in [1.54, 1.807) is 11.8 Å². The van der Waals surface area contributed by atoms with Crippen molar-refractivity contribution in [1.29, 1.82) is 0 Å². The highest BCUT2D eigenvalue weighted by molar-refractivity contribution is 6.01. The summed E-state index contributed by atoms with van der Waals surface area (Å²) < 4.78 is 5.62. The van der Waals surface area contributed by atoms with E-state index in [2.05, 4.69) is 5.16 Å². The quantitative estimate of drug-likeness (QED) is 0.270. The van der Waals surface area contributed by atoms with Crippen molar-refractivity contribution in [1.82, 2.24) is 4.90 Å². The molecule has 1 aliphatic rings. The Balaban J connectivity index is 2.79. The van der Waals surface area contributed by atoms with Gasteiger partial charge in [-0.15, -0.1) is 0 Å². The van der Waals surface area contributed by atoms with Gasteiger partial charge in [-0.05, 0) is 20.8 Å². The van der Waals surface area contributed by atoms with Gasteiger partial charge >= 0.3 is 0 Å². The molecule has 2 atom stereocenters. The second kappa shape index (κ2) is 5.53. The Morgan fingerprint density at radius 2 is 2.28 bits per heavy atom. The Morgan fingerprint density at radius 3 is 2.78 bits per heavy atom. The first-order valence-electron chi connectivity index (χ1n) is 5.85. The zero-order chi connectivity index (χ0) is 13.9. The van der Waals surface area contributed by atoms with Crippen LogP contribution in [-0.2, 0) is 9.53 Å². The summed E-state index contributed by atoms with van der Waals surface area (Å²) in [5, 5.41) is 20.6. The largest absolute Gasteiger partial charge is 0.409 e. The molecule has 2 unspecified atom stereocenters. The minimum Gasteiger partial charge on any atom is -0.409 e. The second-order valence-electron chi connectivity index (χ2n) is 5.15. The maximum atomic E-state index is 12.2. The van der Waals surface area contributed by atoms with Gasteiger partial charge < -0.3 is 25.7 Å². The summed E-state index contributed by atoms with van der Waals surface area (Å²) in [6, 6.07) is 0. The number of nitrogens with zero attached hydrogens (tertiary/aromatic N) is 2. The number of morpholine rings is 1. The predicted molar refractivity (Wildman–Crippen MR) is 65.2 cm³/mol. The molecule has 0 aromatic rings. The van der Waals surface area contributed by atoms with Crippen LogP contribution in [0.5, 0.6) is 0 Å². The van der Waals surface area contributed by atoms with Gasteiger partial charge in [0.1, 0.15) is 0 Å². The normalized spacial score (nSPS) is 25.9. The number of hydrogen-bond acceptors (Lipinski definition) is 5. The molecule has 0 radical (unpaired) electrons. The van der Waals surface area contributed by atoms with Crippen LogP contribution in [0.15, 0.2) is 5.16 Å². The zero-order valence-electron chi connectivity index (χ0n) is 11.0. The van der Waals surface area contributed by atoms with Gasteiger partial charge in [-0.1, -0.05) is 5.16 Å². The highest BCUT2D eigenvalue weighted by atomic mass is 16.5. The number of oxime groups is 1. The first kappa shape index (κ1) is 14.7. The molecule has 1 aliphatic heterocycles. The number of carbonyl (C=O) groups excluding carboxylic acids is 1. The molecule has 18 heavy (non-hydrogen) atoms. The lowest BCUT2D eigenvalue weighted by molar-refractivity contribution is -0.168. The molecule has 0 spiro atoms. The molecular weight excluding hydrogens is 238 g/mol. The number of hydrogen-bond donors (Lipinski definition) is 3. The fourth-order valence-electron chi connectivity index (χ4n) is 2.05. The highest BCUT2D eigenvalue weighted by Gasteiger charge is 2.37. The standard InChI is InChI=1S/C11H21N3O4/c1-7(9(12)13-17)10(16)14-4-8(5-15)18-11(2,3)6-14/h7-8,15,17H,4-6H2,1-3H3,(H2,12,13). The van der Waals surface area contributed by atoms with E-state index in [9.17, 15) is 4.79 Å². The number of aliphatic hydroxyl groups excluding tert-OH is 1. The lowest BCUT2D eigenvalue weighted by Crippen LogP contribution is -2.57. The number of amidine groups is 1. The smallest absolute Gasteiger partial charge is 0.233 e. The molecule has 0 aromatic heterocycles. The number of carbonyl (C=O) groups is 1. The van der Waals surface area contributed by atoms with Crippen LogP contribution in [0, 0.1) is 5.92 Å². The van der Waals surface area contributed by atoms with E-state index >= 15 is 0 Å². The molecule has 0 aromatic carbocycles. The molecule has 4 N–H and O–H groups in total. The van der Waals surface area contributed by atoms with Gasteiger partial charge in [0.2, 0.25) is 5.91 Å². The molecule has 1 amide bonds. The van der Waals surface area contributed by atoms with Gasteiger partial charge in [-0.2, -0.15) is 0 Å². The minimum absolute atomic E-state index is 0.121. The van der Waals surface area contributed by atoms with Crippen molar-refractivity contribution in [2.75, 3.05) is 19.7 Å². The molecular formula is C11H21N3O4. The highest BCUT2D eigenvalue weighted by Crippen LogP contribution is 2.22. The lowest BCUT2D eigenvalue weighted by Gasteiger charge is -2.42. The fraction of sp³-hybridized carbons (Fsp3) is 0.818. The first-order valence-corrected chi connectivity index (χ1v) is 5.85. The van der Waals surface area contributed by atoms with Crippen LogP contribution in [0.1, 0.15) is 20.8 Å². The van der Waals surface area contributed by atoms with E-state index in [0.29, 0.717) is 13.1 Å². The van der Waals surface area contributed by atoms with E-state index in [1.165, 1.54) is 0 Å². The second-order valence-corrected chi connectivity index (χ2v) is 5.15. The van der Waals surface area contributed by atoms with Gasteiger partial charge in [-0.3, -0.25) is 4.79 Å². The molecule has 0 saturated carbocycles. The Labute approximate surface area is 106 Å². The van der Waals surface area contributed by atoms with Gasteiger partial charge in [0.25, 0.3) is 0 Å². The van der Waals surface area contributed by atoms with Crippen LogP contribution < -0.4 is 5.73 Å². The molecule has 1 rings (SSSR count). The van der Waals surface area contributed by atoms with Crippen molar-refractivity contribution >= 4 is 11.7 Å². The number of ether oxygens (including phenoxy) is 1. The summed E-state index contributed by atoms with van der Waals surface area (Å²) in [4.78, 5) is 13.7. The van der Waals surface area contributed by atoms with Crippen LogP contribution >= 0.6 is 0 Å². The van der Waals surface area contributed by atoms with Crippen LogP contribution in [0.4, 0.5) is 0 Å². The maximum Gasteiger partial charge on any atom is 0.233 e. The molecule has 7 heteroatoms. The summed E-state index contributed by atoms with van der Waals surface area (Å²) >= 11 is 0. The van der Waals surface area contributed by atoms with Crippen molar-refractivity contribution in [2.45, 2.75) is 32.5 Å². The first-order chi connectivity index (χ1) is 8.30. The molecule has 0 aliphatic carbocycles. The van der Waals surface area contributed by atoms with Crippen molar-refractivity contribution in [3.63, 3.8) is 0 Å². The van der Waals surface area contributed by atoms with Crippen LogP contribution in [-0.4, -0.2) is 58.4 Å². The van der Waals surface area contributed by atoms with Crippen molar-refractivity contribution in [3.8, 4) is 0 Å². The monoisotopic (exact) mass is 259 g/mol. The molecule has 7 nitrogen and oxygen atoms in total. The van der Waals surface area contributed by atoms with E-state index in [4.69, 9.17) is 20.8 Å². The van der Waals surface area contributed by atoms with E-state index in [0.717, 1.165) is 0 Å². The summed E-state index contributed by atoms with van der Waals surface area (Å²) in [6.45, 7) is 5.85. The zero-order valence-corrected chi connectivity index (χ0v) is 11.0. The third-order valence-corrected chi connectivity index (χ3v) is 2.93. The van der Waals surface area contributed by atoms with Gasteiger partial charge in [0.05, 0.1) is 24.2 Å². The number of aliphatic hydroxyl groups is 1. The van der Waals surface area contributed by atoms with Crippen LogP contribution in [0.2, 0.25) is 0 Å². The number of nitrogens with two attached hydrogens (primary N) is 1. The average molecular weight is 259 g/mol. The van der Waals surface area contributed by atoms with Crippen molar-refractivity contribution in [3.05, 3.63) is 0 Å². The van der Waals surface area contributed by atoms with Crippen LogP contribution in [0.25, 0.3) is 0 Å². The third-order valence-electron chi connectivity index (χ3n) is 2.93. The SMILES string of the molecule is CC(C(=O)N1CC(CO)OC(C)(C)C1)C(N)=NO. The molecule has 1 saturated heterocycles. The molecule has 1 heterocycles. The summed E-state index contributed by atoms with van der Waals surface area (Å²) in [5.41, 5.74) is 4.91. The Bertz CT molecular complexity index is 343. The molecule has 1 fully saturated rings. The Morgan fingerprint density at radius 1 is 1.67 bits per heavy atom. The van der Waals surface area contributed by atoms with Crippen molar-refractivity contribution < 1.29 is 19.8 Å². The average Bonchev–Trinajstić information content (AvgIpc) is 2.33. The number of amides is 1. The third kappa shape index (κ3) is 3.33. The Kier molecular flexibility index (Phi) is 4.53. The van der Waals surface area contributed by atoms with Gasteiger partial charge in [0, 0.05) is 13.1 Å². The minimum atomic E-state index is -0.691. The van der Waals surface area contributed by atoms with E-state index in [-0.39, 0.29) is 18.3 Å². The Hall–Kier alpha value is -1.34. The van der Waals surface area contributed by atoms with E-state index in [1.807, 2.05) is 13.8 Å². The summed E-state index contributed by atoms with van der Waals surface area (Å²) in [5.74, 6) is -1.05. The lowest BCUT2D eigenvalue weighted by atomic mass is 10.0. The molecule has 0 bridgehead atoms. The fourth-order valence-corrected chi connectivity index (χ4v) is 2.05. The van der Waals surface area contributed by atoms with Gasteiger partial charge in [0.15, 0.2) is 5.84 Å². The number of rotatable bonds is 3. The van der Waals surface area contributed by atoms with E-state index < -0.39 is 17.6 Å². The van der Waals surface area contributed by atoms with Crippen molar-refractivity contribution in [2.24, 2.45) is 16.8 Å². The summed E-state index contributed by atoms with van der Waals surface area (Å²) in [6.07, 6.45) is -0.405. The molecule has 104 valence electrons. The van der Waals surface area contributed by atoms with Gasteiger partial charge in [-0.25, -0.2) is 0 Å². The van der Waals surface area contributed by atoms with Crippen LogP contribution in [0.3, 0.4) is 0 Å². The topological polar surface area (TPSA) is 108 Å². The maximum absolute atomic E-state index is 12.2. The summed E-state index contributed by atoms with van der Waals surface area (Å²) in [7, 11) is 0. The predicted octanol–water partition coefficient (Wildman–Crippen LogP) is -0.633.